The molecule has 0 saturated heterocycles. The highest BCUT2D eigenvalue weighted by molar-refractivity contribution is 5.89. The molecule has 0 fully saturated rings. The molecule has 0 aliphatic carbocycles. The second-order valence-corrected chi connectivity index (χ2v) is 6.15. The maximum Gasteiger partial charge on any atom is 0.433 e. The van der Waals surface area contributed by atoms with Crippen molar-refractivity contribution in [1.82, 2.24) is 24.9 Å². The van der Waals surface area contributed by atoms with Gasteiger partial charge in [-0.2, -0.15) is 13.2 Å². The van der Waals surface area contributed by atoms with Crippen LogP contribution in [0.3, 0.4) is 0 Å². The van der Waals surface area contributed by atoms with Gasteiger partial charge in [0.25, 0.3) is 0 Å². The van der Waals surface area contributed by atoms with Crippen LogP contribution in [0, 0.1) is 0 Å². The Balaban J connectivity index is 1.68. The first-order valence-electron chi connectivity index (χ1n) is 8.49. The highest BCUT2D eigenvalue weighted by atomic mass is 19.4. The van der Waals surface area contributed by atoms with Gasteiger partial charge in [-0.25, -0.2) is 19.9 Å². The third-order valence-corrected chi connectivity index (χ3v) is 4.21. The lowest BCUT2D eigenvalue weighted by molar-refractivity contribution is -0.141. The van der Waals surface area contributed by atoms with Crippen LogP contribution >= 0.6 is 0 Å². The summed E-state index contributed by atoms with van der Waals surface area (Å²) in [5.41, 5.74) is 6.65. The molecular weight excluding hydrogens is 383 g/mol. The monoisotopic (exact) mass is 397 g/mol. The Labute approximate surface area is 162 Å². The van der Waals surface area contributed by atoms with Crippen molar-refractivity contribution in [2.24, 2.45) is 0 Å². The maximum atomic E-state index is 13.2. The van der Waals surface area contributed by atoms with Crippen LogP contribution in [0.4, 0.5) is 24.8 Å². The molecule has 0 bridgehead atoms. The summed E-state index contributed by atoms with van der Waals surface area (Å²) in [6.45, 7) is -0.109. The highest BCUT2D eigenvalue weighted by Crippen LogP contribution is 2.31. The largest absolute Gasteiger partial charge is 0.433 e. The van der Waals surface area contributed by atoms with Gasteiger partial charge < -0.3 is 11.1 Å². The first-order chi connectivity index (χ1) is 13.9. The van der Waals surface area contributed by atoms with Gasteiger partial charge in [0.2, 0.25) is 0 Å². The molecule has 0 spiro atoms. The smallest absolute Gasteiger partial charge is 0.384 e. The molecule has 0 atom stereocenters. The summed E-state index contributed by atoms with van der Waals surface area (Å²) in [4.78, 5) is 20.1. The maximum absolute atomic E-state index is 13.2. The predicted molar refractivity (Wildman–Crippen MR) is 102 cm³/mol. The zero-order valence-electron chi connectivity index (χ0n) is 14.9. The molecular formula is C19H14F3N7. The van der Waals surface area contributed by atoms with Crippen LogP contribution in [0.5, 0.6) is 0 Å². The molecule has 0 aliphatic rings. The number of fused-ring (bicyclic) bond motifs is 1. The molecule has 4 heterocycles. The molecule has 10 heteroatoms. The molecule has 4 aromatic rings. The average Bonchev–Trinajstić information content (AvgIpc) is 2.72. The number of alkyl halides is 3. The van der Waals surface area contributed by atoms with Crippen LogP contribution in [0.1, 0.15) is 11.3 Å². The van der Waals surface area contributed by atoms with E-state index < -0.39 is 11.9 Å². The summed E-state index contributed by atoms with van der Waals surface area (Å²) in [5, 5.41) is 3.51. The molecule has 4 aromatic heterocycles. The normalized spacial score (nSPS) is 11.6. The summed E-state index contributed by atoms with van der Waals surface area (Å²) < 4.78 is 39.5. The summed E-state index contributed by atoms with van der Waals surface area (Å²) in [6, 6.07) is 8.09. The Morgan fingerprint density at radius 3 is 2.52 bits per heavy atom. The van der Waals surface area contributed by atoms with E-state index in [0.29, 0.717) is 22.7 Å². The second kappa shape index (κ2) is 7.30. The predicted octanol–water partition coefficient (Wildman–Crippen LogP) is 3.69. The molecule has 4 rings (SSSR count). The molecule has 146 valence electrons. The van der Waals surface area contributed by atoms with Gasteiger partial charge in [0.1, 0.15) is 23.7 Å². The van der Waals surface area contributed by atoms with Gasteiger partial charge in [0, 0.05) is 41.8 Å². The van der Waals surface area contributed by atoms with Crippen molar-refractivity contribution in [2.75, 3.05) is 11.1 Å². The van der Waals surface area contributed by atoms with Crippen molar-refractivity contribution in [2.45, 2.75) is 12.7 Å². The first-order valence-corrected chi connectivity index (χ1v) is 8.49. The zero-order chi connectivity index (χ0) is 20.4. The Bertz CT molecular complexity index is 1160. The van der Waals surface area contributed by atoms with Crippen molar-refractivity contribution < 1.29 is 13.2 Å². The van der Waals surface area contributed by atoms with Gasteiger partial charge >= 0.3 is 6.18 Å². The van der Waals surface area contributed by atoms with Crippen LogP contribution in [0.25, 0.3) is 22.2 Å². The van der Waals surface area contributed by atoms with E-state index in [9.17, 15) is 13.2 Å². The van der Waals surface area contributed by atoms with Gasteiger partial charge in [-0.05, 0) is 24.3 Å². The Morgan fingerprint density at radius 1 is 0.931 bits per heavy atom. The molecule has 0 radical (unpaired) electrons. The highest BCUT2D eigenvalue weighted by Gasteiger charge is 2.34. The number of anilines is 2. The number of hydrogen-bond donors (Lipinski definition) is 2. The van der Waals surface area contributed by atoms with Crippen LogP contribution in [0.2, 0.25) is 0 Å². The van der Waals surface area contributed by atoms with Crippen LogP contribution in [-0.2, 0) is 12.7 Å². The van der Waals surface area contributed by atoms with E-state index in [4.69, 9.17) is 5.73 Å². The molecule has 0 unspecified atom stereocenters. The SMILES string of the molecule is Nc1ccc(-c2cnc3ncnc(NCc4cccnc4C(F)(F)F)c3c2)cn1. The molecule has 0 aromatic carbocycles. The Hall–Kier alpha value is -3.82. The molecule has 3 N–H and O–H groups in total. The standard InChI is InChI=1S/C19H14F3N7/c20-19(21,22)16-12(2-1-5-24-16)8-26-17-14-6-13(9-27-18(14)29-10-28-17)11-3-4-15(23)25-7-11/h1-7,9-10H,8H2,(H2,23,25)(H,26,27,28,29). The summed E-state index contributed by atoms with van der Waals surface area (Å²) in [7, 11) is 0. The Kier molecular flexibility index (Phi) is 4.67. The van der Waals surface area contributed by atoms with Gasteiger partial charge in [0.15, 0.2) is 5.65 Å². The number of hydrogen-bond acceptors (Lipinski definition) is 7. The lowest BCUT2D eigenvalue weighted by Gasteiger charge is -2.13. The van der Waals surface area contributed by atoms with Crippen molar-refractivity contribution in [1.29, 1.82) is 0 Å². The van der Waals surface area contributed by atoms with Crippen LogP contribution in [0.15, 0.2) is 55.2 Å². The number of aromatic nitrogens is 5. The minimum Gasteiger partial charge on any atom is -0.384 e. The number of nitrogens with one attached hydrogen (secondary N) is 1. The fourth-order valence-corrected chi connectivity index (χ4v) is 2.84. The number of nitrogen functional groups attached to an aromatic ring is 1. The number of pyridine rings is 3. The Morgan fingerprint density at radius 2 is 1.76 bits per heavy atom. The molecule has 7 nitrogen and oxygen atoms in total. The van der Waals surface area contributed by atoms with E-state index in [-0.39, 0.29) is 12.1 Å². The first kappa shape index (κ1) is 18.5. The molecule has 29 heavy (non-hydrogen) atoms. The molecule has 0 aliphatic heterocycles. The average molecular weight is 397 g/mol. The summed E-state index contributed by atoms with van der Waals surface area (Å²) >= 11 is 0. The third kappa shape index (κ3) is 3.91. The van der Waals surface area contributed by atoms with Gasteiger partial charge in [-0.15, -0.1) is 0 Å². The fourth-order valence-electron chi connectivity index (χ4n) is 2.84. The third-order valence-electron chi connectivity index (χ3n) is 4.21. The van der Waals surface area contributed by atoms with Crippen molar-refractivity contribution >= 4 is 22.7 Å². The molecule has 0 saturated carbocycles. The van der Waals surface area contributed by atoms with E-state index in [1.807, 2.05) is 0 Å². The topological polar surface area (TPSA) is 102 Å². The number of halogens is 3. The number of nitrogens with zero attached hydrogens (tertiary/aromatic N) is 5. The summed E-state index contributed by atoms with van der Waals surface area (Å²) in [5.74, 6) is 0.759. The van der Waals surface area contributed by atoms with Crippen molar-refractivity contribution in [3.05, 3.63) is 66.5 Å². The second-order valence-electron chi connectivity index (χ2n) is 6.15. The lowest BCUT2D eigenvalue weighted by Crippen LogP contribution is -2.14. The van der Waals surface area contributed by atoms with Crippen LogP contribution < -0.4 is 11.1 Å². The fraction of sp³-hybridized carbons (Fsp3) is 0.105. The minimum atomic E-state index is -4.54. The minimum absolute atomic E-state index is 0.0126. The quantitative estimate of drug-likeness (QED) is 0.541. The van der Waals surface area contributed by atoms with E-state index >= 15 is 0 Å². The van der Waals surface area contributed by atoms with Gasteiger partial charge in [-0.3, -0.25) is 4.98 Å². The van der Waals surface area contributed by atoms with E-state index in [2.05, 4.69) is 30.2 Å². The van der Waals surface area contributed by atoms with Crippen molar-refractivity contribution in [3.8, 4) is 11.1 Å². The number of nitrogens with two attached hydrogens (primary N) is 1. The van der Waals surface area contributed by atoms with Crippen molar-refractivity contribution in [3.63, 3.8) is 0 Å². The van der Waals surface area contributed by atoms with E-state index in [1.165, 1.54) is 18.5 Å². The molecule has 0 amide bonds. The van der Waals surface area contributed by atoms with Gasteiger partial charge in [0.05, 0.1) is 5.39 Å². The summed E-state index contributed by atoms with van der Waals surface area (Å²) in [6.07, 6.45) is 1.12. The van der Waals surface area contributed by atoms with Crippen LogP contribution in [-0.4, -0.2) is 24.9 Å². The van der Waals surface area contributed by atoms with E-state index in [1.54, 1.807) is 30.6 Å². The zero-order valence-corrected chi connectivity index (χ0v) is 14.9. The van der Waals surface area contributed by atoms with E-state index in [0.717, 1.165) is 17.3 Å². The van der Waals surface area contributed by atoms with Gasteiger partial charge in [-0.1, -0.05) is 6.07 Å². The number of rotatable bonds is 4. The lowest BCUT2D eigenvalue weighted by atomic mass is 10.1.